The summed E-state index contributed by atoms with van der Waals surface area (Å²) in [7, 11) is -3.77. The number of aliphatic carboxylic acids is 1. The summed E-state index contributed by atoms with van der Waals surface area (Å²) in [6.07, 6.45) is 0. The van der Waals surface area contributed by atoms with Crippen LogP contribution in [-0.2, 0) is 28.6 Å². The number of carboxylic acid groups (broad SMARTS) is 1. The Morgan fingerprint density at radius 1 is 1.05 bits per heavy atom. The van der Waals surface area contributed by atoms with E-state index in [0.717, 1.165) is 5.56 Å². The summed E-state index contributed by atoms with van der Waals surface area (Å²) < 4.78 is 38.2. The lowest BCUT2D eigenvalue weighted by Gasteiger charge is -2.07. The van der Waals surface area contributed by atoms with Crippen molar-refractivity contribution in [2.24, 2.45) is 0 Å². The van der Waals surface area contributed by atoms with E-state index in [2.05, 4.69) is 0 Å². The predicted octanol–water partition coefficient (Wildman–Crippen LogP) is 0.818. The first-order valence-electron chi connectivity index (χ1n) is 6.25. The Morgan fingerprint density at radius 2 is 1.62 bits per heavy atom. The molecule has 0 aliphatic heterocycles. The molecule has 21 heavy (non-hydrogen) atoms. The van der Waals surface area contributed by atoms with Gasteiger partial charge in [0.25, 0.3) is 10.1 Å². The van der Waals surface area contributed by atoms with E-state index < -0.39 is 16.1 Å². The second-order valence-corrected chi connectivity index (χ2v) is 5.76. The van der Waals surface area contributed by atoms with Crippen LogP contribution in [0.2, 0.25) is 0 Å². The zero-order chi connectivity index (χ0) is 15.7. The van der Waals surface area contributed by atoms with Gasteiger partial charge in [0, 0.05) is 0 Å². The maximum atomic E-state index is 11.8. The van der Waals surface area contributed by atoms with Crippen LogP contribution in [-0.4, -0.2) is 52.5 Å². The van der Waals surface area contributed by atoms with Crippen molar-refractivity contribution in [3.05, 3.63) is 29.8 Å². The molecular formula is C13H18O7S. The van der Waals surface area contributed by atoms with Crippen molar-refractivity contribution in [1.29, 1.82) is 0 Å². The number of carboxylic acids is 1. The van der Waals surface area contributed by atoms with E-state index in [9.17, 15) is 13.2 Å². The first-order valence-corrected chi connectivity index (χ1v) is 7.66. The smallest absolute Gasteiger partial charge is 0.329 e. The van der Waals surface area contributed by atoms with Crippen LogP contribution in [0, 0.1) is 6.92 Å². The second-order valence-electron chi connectivity index (χ2n) is 4.15. The topological polar surface area (TPSA) is 99.1 Å². The molecule has 0 radical (unpaired) electrons. The molecule has 8 heteroatoms. The molecule has 7 nitrogen and oxygen atoms in total. The number of carbonyl (C=O) groups is 1. The number of rotatable bonds is 10. The minimum atomic E-state index is -3.77. The standard InChI is InChI=1S/C13H18O7S/c1-11-2-4-12(5-3-11)21(16,17)20-9-8-18-6-7-19-10-13(14)15/h2-5H,6-10H2,1H3,(H,14,15). The molecule has 0 fully saturated rings. The molecule has 0 unspecified atom stereocenters. The average Bonchev–Trinajstić information content (AvgIpc) is 2.42. The third-order valence-corrected chi connectivity index (χ3v) is 3.70. The summed E-state index contributed by atoms with van der Waals surface area (Å²) in [5.41, 5.74) is 0.957. The summed E-state index contributed by atoms with van der Waals surface area (Å²) in [6.45, 7) is 1.72. The highest BCUT2D eigenvalue weighted by molar-refractivity contribution is 7.86. The van der Waals surface area contributed by atoms with Crippen LogP contribution in [0.3, 0.4) is 0 Å². The van der Waals surface area contributed by atoms with Crippen LogP contribution in [0.25, 0.3) is 0 Å². The molecule has 1 N–H and O–H groups in total. The maximum absolute atomic E-state index is 11.8. The van der Waals surface area contributed by atoms with Crippen LogP contribution in [0.5, 0.6) is 0 Å². The predicted molar refractivity (Wildman–Crippen MR) is 73.6 cm³/mol. The van der Waals surface area contributed by atoms with Crippen molar-refractivity contribution in [2.45, 2.75) is 11.8 Å². The number of ether oxygens (including phenoxy) is 2. The molecule has 1 aromatic rings. The summed E-state index contributed by atoms with van der Waals surface area (Å²) in [5, 5.41) is 8.32. The number of hydrogen-bond acceptors (Lipinski definition) is 6. The molecule has 0 saturated heterocycles. The molecule has 0 atom stereocenters. The van der Waals surface area contributed by atoms with Crippen molar-refractivity contribution in [2.75, 3.05) is 33.0 Å². The quantitative estimate of drug-likeness (QED) is 0.503. The lowest BCUT2D eigenvalue weighted by atomic mass is 10.2. The molecule has 0 saturated carbocycles. The molecule has 1 rings (SSSR count). The van der Waals surface area contributed by atoms with E-state index >= 15 is 0 Å². The van der Waals surface area contributed by atoms with Crippen molar-refractivity contribution in [1.82, 2.24) is 0 Å². The molecule has 0 heterocycles. The summed E-state index contributed by atoms with van der Waals surface area (Å²) in [6, 6.07) is 6.33. The van der Waals surface area contributed by atoms with Gasteiger partial charge in [0.05, 0.1) is 31.3 Å². The second kappa shape index (κ2) is 8.73. The molecule has 0 spiro atoms. The van der Waals surface area contributed by atoms with E-state index in [0.29, 0.717) is 0 Å². The van der Waals surface area contributed by atoms with Gasteiger partial charge in [-0.25, -0.2) is 4.79 Å². The molecule has 1 aromatic carbocycles. The fraction of sp³-hybridized carbons (Fsp3) is 0.462. The van der Waals surface area contributed by atoms with Crippen LogP contribution in [0.4, 0.5) is 0 Å². The van der Waals surface area contributed by atoms with Gasteiger partial charge in [0.1, 0.15) is 6.61 Å². The normalized spacial score (nSPS) is 11.5. The Hall–Kier alpha value is -1.48. The fourth-order valence-electron chi connectivity index (χ4n) is 1.36. The van der Waals surface area contributed by atoms with Crippen LogP contribution < -0.4 is 0 Å². The van der Waals surface area contributed by atoms with Gasteiger partial charge in [-0.15, -0.1) is 0 Å². The van der Waals surface area contributed by atoms with E-state index in [-0.39, 0.29) is 37.9 Å². The van der Waals surface area contributed by atoms with Crippen molar-refractivity contribution < 1.29 is 32.0 Å². The van der Waals surface area contributed by atoms with Gasteiger partial charge in [0.15, 0.2) is 0 Å². The fourth-order valence-corrected chi connectivity index (χ4v) is 2.25. The Morgan fingerprint density at radius 3 is 2.24 bits per heavy atom. The van der Waals surface area contributed by atoms with Gasteiger partial charge in [0.2, 0.25) is 0 Å². The van der Waals surface area contributed by atoms with E-state index in [1.807, 2.05) is 6.92 Å². The molecule has 0 bridgehead atoms. The first-order chi connectivity index (χ1) is 9.92. The summed E-state index contributed by atoms with van der Waals surface area (Å²) >= 11 is 0. The van der Waals surface area contributed by atoms with Gasteiger partial charge < -0.3 is 14.6 Å². The first kappa shape index (κ1) is 17.6. The number of benzene rings is 1. The number of aryl methyl sites for hydroxylation is 1. The van der Waals surface area contributed by atoms with Crippen LogP contribution in [0.15, 0.2) is 29.2 Å². The molecular weight excluding hydrogens is 300 g/mol. The highest BCUT2D eigenvalue weighted by Gasteiger charge is 2.14. The number of hydrogen-bond donors (Lipinski definition) is 1. The minimum Gasteiger partial charge on any atom is -0.480 e. The van der Waals surface area contributed by atoms with E-state index in [1.165, 1.54) is 12.1 Å². The van der Waals surface area contributed by atoms with Crippen LogP contribution >= 0.6 is 0 Å². The van der Waals surface area contributed by atoms with Gasteiger partial charge in [-0.1, -0.05) is 17.7 Å². The third kappa shape index (κ3) is 7.19. The Bertz CT molecular complexity index is 536. The summed E-state index contributed by atoms with van der Waals surface area (Å²) in [4.78, 5) is 10.2. The molecule has 118 valence electrons. The lowest BCUT2D eigenvalue weighted by Crippen LogP contribution is -2.15. The SMILES string of the molecule is Cc1ccc(S(=O)(=O)OCCOCCOCC(=O)O)cc1. The van der Waals surface area contributed by atoms with Gasteiger partial charge in [-0.2, -0.15) is 8.42 Å². The zero-order valence-corrected chi connectivity index (χ0v) is 12.5. The van der Waals surface area contributed by atoms with Gasteiger partial charge in [-0.05, 0) is 19.1 Å². The summed E-state index contributed by atoms with van der Waals surface area (Å²) in [5.74, 6) is -1.05. The zero-order valence-electron chi connectivity index (χ0n) is 11.6. The highest BCUT2D eigenvalue weighted by Crippen LogP contribution is 2.12. The Labute approximate surface area is 123 Å². The monoisotopic (exact) mass is 318 g/mol. The minimum absolute atomic E-state index is 0.0710. The molecule has 0 aliphatic rings. The van der Waals surface area contributed by atoms with Gasteiger partial charge >= 0.3 is 5.97 Å². The maximum Gasteiger partial charge on any atom is 0.329 e. The van der Waals surface area contributed by atoms with Crippen molar-refractivity contribution >= 4 is 16.1 Å². The lowest BCUT2D eigenvalue weighted by molar-refractivity contribution is -0.142. The van der Waals surface area contributed by atoms with E-state index in [4.69, 9.17) is 18.8 Å². The van der Waals surface area contributed by atoms with E-state index in [1.54, 1.807) is 12.1 Å². The average molecular weight is 318 g/mol. The third-order valence-electron chi connectivity index (χ3n) is 2.37. The van der Waals surface area contributed by atoms with Crippen molar-refractivity contribution in [3.8, 4) is 0 Å². The molecule has 0 aromatic heterocycles. The molecule has 0 amide bonds. The Kier molecular flexibility index (Phi) is 7.30. The van der Waals surface area contributed by atoms with Crippen LogP contribution in [0.1, 0.15) is 5.56 Å². The van der Waals surface area contributed by atoms with Gasteiger partial charge in [-0.3, -0.25) is 4.18 Å². The van der Waals surface area contributed by atoms with Crippen molar-refractivity contribution in [3.63, 3.8) is 0 Å². The molecule has 0 aliphatic carbocycles. The largest absolute Gasteiger partial charge is 0.480 e. The highest BCUT2D eigenvalue weighted by atomic mass is 32.2. The Balaban J connectivity index is 2.20.